The Balaban J connectivity index is 1.65. The van der Waals surface area contributed by atoms with Crippen LogP contribution in [0.5, 0.6) is 5.75 Å². The molecule has 0 atom stereocenters. The van der Waals surface area contributed by atoms with Crippen LogP contribution in [0.2, 0.25) is 0 Å². The Morgan fingerprint density at radius 3 is 2.80 bits per heavy atom. The average molecular weight is 282 g/mol. The highest BCUT2D eigenvalue weighted by atomic mass is 32.1. The van der Waals surface area contributed by atoms with Gasteiger partial charge < -0.3 is 9.15 Å². The summed E-state index contributed by atoms with van der Waals surface area (Å²) < 4.78 is 11.0. The van der Waals surface area contributed by atoms with Gasteiger partial charge in [-0.15, -0.1) is 11.3 Å². The lowest BCUT2D eigenvalue weighted by atomic mass is 10.2. The van der Waals surface area contributed by atoms with Crippen LogP contribution in [0.15, 0.2) is 52.5 Å². The molecule has 0 aliphatic rings. The highest BCUT2D eigenvalue weighted by Gasteiger charge is 2.07. The van der Waals surface area contributed by atoms with Crippen LogP contribution < -0.4 is 4.74 Å². The number of nitriles is 1. The molecule has 0 radical (unpaired) electrons. The molecule has 0 saturated heterocycles. The Kier molecular flexibility index (Phi) is 3.48. The Labute approximate surface area is 119 Å². The van der Waals surface area contributed by atoms with Gasteiger partial charge in [0, 0.05) is 0 Å². The van der Waals surface area contributed by atoms with E-state index in [2.05, 4.69) is 11.1 Å². The summed E-state index contributed by atoms with van der Waals surface area (Å²) in [7, 11) is 0. The summed E-state index contributed by atoms with van der Waals surface area (Å²) in [5.41, 5.74) is 1.34. The third-order valence-corrected chi connectivity index (χ3v) is 3.51. The van der Waals surface area contributed by atoms with Crippen molar-refractivity contribution in [2.24, 2.45) is 0 Å². The van der Waals surface area contributed by atoms with Crippen molar-refractivity contribution in [3.8, 4) is 22.6 Å². The zero-order chi connectivity index (χ0) is 13.8. The smallest absolute Gasteiger partial charge is 0.236 e. The van der Waals surface area contributed by atoms with E-state index in [1.807, 2.05) is 17.5 Å². The predicted molar refractivity (Wildman–Crippen MR) is 75.3 cm³/mol. The predicted octanol–water partition coefficient (Wildman–Crippen LogP) is 3.85. The molecule has 0 fully saturated rings. The molecule has 0 unspecified atom stereocenters. The molecular formula is C15H10N2O2S. The van der Waals surface area contributed by atoms with Gasteiger partial charge in [0.2, 0.25) is 5.89 Å². The topological polar surface area (TPSA) is 59.0 Å². The van der Waals surface area contributed by atoms with Crippen LogP contribution in [0.4, 0.5) is 0 Å². The van der Waals surface area contributed by atoms with Gasteiger partial charge in [-0.1, -0.05) is 6.07 Å². The Morgan fingerprint density at radius 2 is 2.10 bits per heavy atom. The molecule has 5 heteroatoms. The maximum Gasteiger partial charge on any atom is 0.236 e. The van der Waals surface area contributed by atoms with E-state index < -0.39 is 0 Å². The molecule has 0 N–H and O–H groups in total. The summed E-state index contributed by atoms with van der Waals surface area (Å²) >= 11 is 1.58. The quantitative estimate of drug-likeness (QED) is 0.729. The Bertz CT molecular complexity index is 724. The van der Waals surface area contributed by atoms with Gasteiger partial charge >= 0.3 is 0 Å². The summed E-state index contributed by atoms with van der Waals surface area (Å²) in [4.78, 5) is 5.36. The van der Waals surface area contributed by atoms with Crippen molar-refractivity contribution in [3.05, 3.63) is 59.3 Å². The molecule has 0 saturated carbocycles. The monoisotopic (exact) mass is 282 g/mol. The Morgan fingerprint density at radius 1 is 1.25 bits per heavy atom. The van der Waals surface area contributed by atoms with Crippen molar-refractivity contribution in [1.29, 1.82) is 5.26 Å². The standard InChI is InChI=1S/C15H10N2O2S/c16-8-11-3-5-13(6-4-11)18-9-12-10-19-15(17-12)14-2-1-7-20-14/h1-7,10H,9H2. The normalized spacial score (nSPS) is 10.2. The van der Waals surface area contributed by atoms with E-state index in [9.17, 15) is 0 Å². The summed E-state index contributed by atoms with van der Waals surface area (Å²) in [6, 6.07) is 12.9. The first kappa shape index (κ1) is 12.5. The minimum absolute atomic E-state index is 0.334. The van der Waals surface area contributed by atoms with Crippen LogP contribution in [-0.2, 0) is 6.61 Å². The van der Waals surface area contributed by atoms with Crippen LogP contribution in [-0.4, -0.2) is 4.98 Å². The van der Waals surface area contributed by atoms with Crippen LogP contribution in [0, 0.1) is 11.3 Å². The molecule has 4 nitrogen and oxygen atoms in total. The third kappa shape index (κ3) is 2.71. The fourth-order valence-electron chi connectivity index (χ4n) is 1.67. The van der Waals surface area contributed by atoms with Gasteiger partial charge in [0.15, 0.2) is 0 Å². The lowest BCUT2D eigenvalue weighted by Crippen LogP contribution is -1.95. The van der Waals surface area contributed by atoms with E-state index in [1.165, 1.54) is 0 Å². The maximum atomic E-state index is 8.72. The van der Waals surface area contributed by atoms with Gasteiger partial charge in [-0.2, -0.15) is 5.26 Å². The molecule has 0 aliphatic heterocycles. The minimum atomic E-state index is 0.334. The molecule has 3 rings (SSSR count). The first-order valence-corrected chi connectivity index (χ1v) is 6.84. The number of ether oxygens (including phenoxy) is 1. The van der Waals surface area contributed by atoms with E-state index >= 15 is 0 Å². The molecule has 20 heavy (non-hydrogen) atoms. The molecule has 98 valence electrons. The van der Waals surface area contributed by atoms with Gasteiger partial charge in [0.05, 0.1) is 16.5 Å². The van der Waals surface area contributed by atoms with Crippen molar-refractivity contribution >= 4 is 11.3 Å². The second-order valence-electron chi connectivity index (χ2n) is 4.05. The lowest BCUT2D eigenvalue weighted by Gasteiger charge is -2.02. The van der Waals surface area contributed by atoms with Crippen molar-refractivity contribution in [3.63, 3.8) is 0 Å². The number of benzene rings is 1. The number of oxazole rings is 1. The molecule has 0 spiro atoms. The molecule has 1 aromatic carbocycles. The number of hydrogen-bond donors (Lipinski definition) is 0. The lowest BCUT2D eigenvalue weighted by molar-refractivity contribution is 0.301. The fraction of sp³-hybridized carbons (Fsp3) is 0.0667. The van der Waals surface area contributed by atoms with Gasteiger partial charge in [-0.05, 0) is 35.7 Å². The fourth-order valence-corrected chi connectivity index (χ4v) is 2.33. The van der Waals surface area contributed by atoms with Crippen molar-refractivity contribution in [2.75, 3.05) is 0 Å². The second-order valence-corrected chi connectivity index (χ2v) is 4.99. The summed E-state index contributed by atoms with van der Waals surface area (Å²) in [6.45, 7) is 0.334. The molecule has 2 heterocycles. The number of hydrogen-bond acceptors (Lipinski definition) is 5. The summed E-state index contributed by atoms with van der Waals surface area (Å²) in [5.74, 6) is 1.31. The van der Waals surface area contributed by atoms with Crippen LogP contribution in [0.25, 0.3) is 10.8 Å². The Hall–Kier alpha value is -2.58. The van der Waals surface area contributed by atoms with Crippen LogP contribution in [0.3, 0.4) is 0 Å². The van der Waals surface area contributed by atoms with Crippen LogP contribution >= 0.6 is 11.3 Å². The first-order chi connectivity index (χ1) is 9.85. The molecule has 0 bridgehead atoms. The van der Waals surface area contributed by atoms with E-state index in [0.29, 0.717) is 23.8 Å². The number of rotatable bonds is 4. The molecule has 2 aromatic heterocycles. The van der Waals surface area contributed by atoms with E-state index in [-0.39, 0.29) is 0 Å². The molecule has 0 amide bonds. The highest BCUT2D eigenvalue weighted by molar-refractivity contribution is 7.13. The summed E-state index contributed by atoms with van der Waals surface area (Å²) in [6.07, 6.45) is 1.60. The van der Waals surface area contributed by atoms with Gasteiger partial charge in [-0.25, -0.2) is 4.98 Å². The molecule has 3 aromatic rings. The van der Waals surface area contributed by atoms with Crippen molar-refractivity contribution < 1.29 is 9.15 Å². The highest BCUT2D eigenvalue weighted by Crippen LogP contribution is 2.24. The molecule has 0 aliphatic carbocycles. The number of nitrogens with zero attached hydrogens (tertiary/aromatic N) is 2. The molecular weight excluding hydrogens is 272 g/mol. The van der Waals surface area contributed by atoms with Crippen molar-refractivity contribution in [1.82, 2.24) is 4.98 Å². The van der Waals surface area contributed by atoms with E-state index in [1.54, 1.807) is 41.9 Å². The zero-order valence-corrected chi connectivity index (χ0v) is 11.3. The zero-order valence-electron chi connectivity index (χ0n) is 10.4. The third-order valence-electron chi connectivity index (χ3n) is 2.65. The van der Waals surface area contributed by atoms with Gasteiger partial charge in [0.1, 0.15) is 24.3 Å². The van der Waals surface area contributed by atoms with Gasteiger partial charge in [0.25, 0.3) is 0 Å². The minimum Gasteiger partial charge on any atom is -0.487 e. The maximum absolute atomic E-state index is 8.72. The van der Waals surface area contributed by atoms with Gasteiger partial charge in [-0.3, -0.25) is 0 Å². The SMILES string of the molecule is N#Cc1ccc(OCc2coc(-c3cccs3)n2)cc1. The van der Waals surface area contributed by atoms with Crippen molar-refractivity contribution in [2.45, 2.75) is 6.61 Å². The van der Waals surface area contributed by atoms with E-state index in [4.69, 9.17) is 14.4 Å². The summed E-state index contributed by atoms with van der Waals surface area (Å²) in [5, 5.41) is 10.7. The van der Waals surface area contributed by atoms with Crippen LogP contribution in [0.1, 0.15) is 11.3 Å². The first-order valence-electron chi connectivity index (χ1n) is 5.96. The largest absolute Gasteiger partial charge is 0.487 e. The average Bonchev–Trinajstić information content (AvgIpc) is 3.16. The second kappa shape index (κ2) is 5.59. The number of aromatic nitrogens is 1. The van der Waals surface area contributed by atoms with E-state index in [0.717, 1.165) is 10.6 Å². The number of thiophene rings is 1.